The largest absolute Gasteiger partial charge is 0.483 e. The first-order chi connectivity index (χ1) is 7.76. The highest BCUT2D eigenvalue weighted by Gasteiger charge is 2.03. The van der Waals surface area contributed by atoms with Gasteiger partial charge in [0, 0.05) is 0 Å². The van der Waals surface area contributed by atoms with E-state index in [0.717, 1.165) is 12.8 Å². The number of unbranched alkanes of at least 4 members (excludes halogenated alkanes) is 1. The van der Waals surface area contributed by atoms with E-state index in [1.165, 1.54) is 5.23 Å². The third-order valence-corrected chi connectivity index (χ3v) is 1.35. The van der Waals surface area contributed by atoms with E-state index >= 15 is 0 Å². The van der Waals surface area contributed by atoms with Crippen LogP contribution in [0, 0.1) is 0 Å². The number of nitrogens with zero attached hydrogens (tertiary/aromatic N) is 1. The minimum Gasteiger partial charge on any atom is -0.483 e. The maximum Gasteiger partial charge on any atom is 0.290 e. The van der Waals surface area contributed by atoms with Crippen molar-refractivity contribution >= 4 is 6.47 Å². The van der Waals surface area contributed by atoms with E-state index in [4.69, 9.17) is 29.8 Å². The molecule has 3 N–H and O–H groups in total. The SMILES string of the molecule is CCCCN(OCCO)OCCO.O=CO. The molecule has 7 nitrogen and oxygen atoms in total. The molecule has 0 fully saturated rings. The van der Waals surface area contributed by atoms with Crippen molar-refractivity contribution in [3.8, 4) is 0 Å². The average molecular weight is 239 g/mol. The van der Waals surface area contributed by atoms with Gasteiger partial charge in [0.05, 0.1) is 33.0 Å². The fourth-order valence-electron chi connectivity index (χ4n) is 0.739. The number of carboxylic acid groups (broad SMARTS) is 1. The number of rotatable bonds is 9. The molecule has 98 valence electrons. The lowest BCUT2D eigenvalue weighted by Crippen LogP contribution is -2.28. The molecule has 0 unspecified atom stereocenters. The number of hydroxylamine groups is 2. The van der Waals surface area contributed by atoms with Crippen LogP contribution in [0.3, 0.4) is 0 Å². The number of hydrogen-bond donors (Lipinski definition) is 3. The zero-order valence-corrected chi connectivity index (χ0v) is 9.54. The number of aliphatic hydroxyl groups excluding tert-OH is 2. The first kappa shape index (κ1) is 17.7. The van der Waals surface area contributed by atoms with Crippen LogP contribution in [-0.4, -0.2) is 60.0 Å². The van der Waals surface area contributed by atoms with Crippen molar-refractivity contribution < 1.29 is 29.8 Å². The fourth-order valence-corrected chi connectivity index (χ4v) is 0.739. The highest BCUT2D eigenvalue weighted by atomic mass is 16.9. The molecule has 0 saturated carbocycles. The minimum atomic E-state index is -0.250. The van der Waals surface area contributed by atoms with Gasteiger partial charge in [-0.15, -0.1) is 0 Å². The summed E-state index contributed by atoms with van der Waals surface area (Å²) in [6, 6.07) is 0. The Kier molecular flexibility index (Phi) is 18.4. The van der Waals surface area contributed by atoms with Gasteiger partial charge in [0.25, 0.3) is 6.47 Å². The lowest BCUT2D eigenvalue weighted by Gasteiger charge is -2.19. The van der Waals surface area contributed by atoms with Gasteiger partial charge in [0.15, 0.2) is 0 Å². The Bertz CT molecular complexity index is 116. The van der Waals surface area contributed by atoms with Crippen molar-refractivity contribution in [3.63, 3.8) is 0 Å². The summed E-state index contributed by atoms with van der Waals surface area (Å²) in [4.78, 5) is 18.5. The maximum absolute atomic E-state index is 8.51. The highest BCUT2D eigenvalue weighted by molar-refractivity contribution is 5.32. The summed E-state index contributed by atoms with van der Waals surface area (Å²) in [6.45, 7) is 2.83. The van der Waals surface area contributed by atoms with Gasteiger partial charge >= 0.3 is 0 Å². The van der Waals surface area contributed by atoms with Crippen LogP contribution in [0.15, 0.2) is 0 Å². The van der Waals surface area contributed by atoms with Crippen molar-refractivity contribution in [3.05, 3.63) is 0 Å². The number of aliphatic hydroxyl groups is 2. The smallest absolute Gasteiger partial charge is 0.290 e. The normalized spacial score (nSPS) is 9.75. The summed E-state index contributed by atoms with van der Waals surface area (Å²) in [6.07, 6.45) is 2.00. The van der Waals surface area contributed by atoms with Crippen LogP contribution in [0.2, 0.25) is 0 Å². The molecule has 0 aliphatic carbocycles. The van der Waals surface area contributed by atoms with Crippen molar-refractivity contribution in [2.24, 2.45) is 0 Å². The third kappa shape index (κ3) is 15.7. The summed E-state index contributed by atoms with van der Waals surface area (Å²) in [5.74, 6) is 0. The van der Waals surface area contributed by atoms with Gasteiger partial charge in [-0.05, 0) is 6.42 Å². The Hall–Kier alpha value is -0.730. The van der Waals surface area contributed by atoms with Gasteiger partial charge in [0.2, 0.25) is 0 Å². The van der Waals surface area contributed by atoms with E-state index in [0.29, 0.717) is 6.54 Å². The lowest BCUT2D eigenvalue weighted by molar-refractivity contribution is -0.371. The van der Waals surface area contributed by atoms with Crippen LogP contribution >= 0.6 is 0 Å². The molecule has 0 radical (unpaired) electrons. The van der Waals surface area contributed by atoms with Crippen LogP contribution in [0.1, 0.15) is 19.8 Å². The molecule has 0 aromatic carbocycles. The second-order valence-corrected chi connectivity index (χ2v) is 2.63. The van der Waals surface area contributed by atoms with Gasteiger partial charge < -0.3 is 15.3 Å². The van der Waals surface area contributed by atoms with Gasteiger partial charge in [0.1, 0.15) is 0 Å². The topological polar surface area (TPSA) is 99.5 Å². The number of hydrogen-bond acceptors (Lipinski definition) is 6. The second-order valence-electron chi connectivity index (χ2n) is 2.63. The molecule has 16 heavy (non-hydrogen) atoms. The second kappa shape index (κ2) is 16.7. The molecule has 0 aliphatic heterocycles. The van der Waals surface area contributed by atoms with Crippen LogP contribution in [-0.2, 0) is 14.5 Å². The molecule has 0 bridgehead atoms. The van der Waals surface area contributed by atoms with Gasteiger partial charge in [-0.3, -0.25) is 14.5 Å². The first-order valence-corrected chi connectivity index (χ1v) is 5.09. The lowest BCUT2D eigenvalue weighted by atomic mass is 10.3. The molecule has 0 spiro atoms. The Morgan fingerprint density at radius 2 is 1.62 bits per heavy atom. The molecule has 0 amide bonds. The maximum atomic E-state index is 8.51. The van der Waals surface area contributed by atoms with Crippen molar-refractivity contribution in [1.82, 2.24) is 5.23 Å². The third-order valence-electron chi connectivity index (χ3n) is 1.35. The Balaban J connectivity index is 0. The molecule has 0 aromatic rings. The first-order valence-electron chi connectivity index (χ1n) is 5.09. The molecule has 0 saturated heterocycles. The van der Waals surface area contributed by atoms with Gasteiger partial charge in [-0.25, -0.2) is 0 Å². The summed E-state index contributed by atoms with van der Waals surface area (Å²) >= 11 is 0. The van der Waals surface area contributed by atoms with E-state index in [-0.39, 0.29) is 32.9 Å². The van der Waals surface area contributed by atoms with Crippen LogP contribution in [0.25, 0.3) is 0 Å². The fraction of sp³-hybridized carbons (Fsp3) is 0.889. The van der Waals surface area contributed by atoms with Crippen molar-refractivity contribution in [1.29, 1.82) is 0 Å². The minimum absolute atomic E-state index is 0.0366. The summed E-state index contributed by atoms with van der Waals surface area (Å²) in [5.41, 5.74) is 0. The van der Waals surface area contributed by atoms with E-state index in [9.17, 15) is 0 Å². The van der Waals surface area contributed by atoms with E-state index < -0.39 is 0 Å². The van der Waals surface area contributed by atoms with Gasteiger partial charge in [-0.2, -0.15) is 0 Å². The van der Waals surface area contributed by atoms with Crippen LogP contribution in [0.4, 0.5) is 0 Å². The molecule has 7 heteroatoms. The molecular weight excluding hydrogens is 218 g/mol. The molecule has 0 rings (SSSR count). The molecule has 0 heterocycles. The average Bonchev–Trinajstić information content (AvgIpc) is 2.29. The van der Waals surface area contributed by atoms with Crippen molar-refractivity contribution in [2.75, 3.05) is 33.0 Å². The number of carbonyl (C=O) groups is 1. The summed E-state index contributed by atoms with van der Waals surface area (Å²) in [5, 5.41) is 25.2. The van der Waals surface area contributed by atoms with E-state index in [1.807, 2.05) is 0 Å². The molecule has 0 aliphatic rings. The Labute approximate surface area is 95.1 Å². The zero-order valence-electron chi connectivity index (χ0n) is 9.54. The van der Waals surface area contributed by atoms with Crippen LogP contribution in [0.5, 0.6) is 0 Å². The predicted octanol–water partition coefficient (Wildman–Crippen LogP) is -0.363. The zero-order chi connectivity index (χ0) is 12.6. The van der Waals surface area contributed by atoms with Crippen LogP contribution < -0.4 is 0 Å². The molecule has 0 atom stereocenters. The van der Waals surface area contributed by atoms with E-state index in [1.54, 1.807) is 0 Å². The molecule has 0 aromatic heterocycles. The summed E-state index contributed by atoms with van der Waals surface area (Å²) in [7, 11) is 0. The molecular formula is C9H21NO6. The quantitative estimate of drug-likeness (QED) is 0.373. The Morgan fingerprint density at radius 1 is 1.19 bits per heavy atom. The summed E-state index contributed by atoms with van der Waals surface area (Å²) < 4.78 is 0. The highest BCUT2D eigenvalue weighted by Crippen LogP contribution is 1.97. The standard InChI is InChI=1S/C8H19NO4.CH2O2/c1-2-3-4-9(12-7-5-10)13-8-6-11;2-1-3/h10-11H,2-8H2,1H3;1H,(H,2,3). The van der Waals surface area contributed by atoms with Gasteiger partial charge in [-0.1, -0.05) is 18.6 Å². The monoisotopic (exact) mass is 239 g/mol. The predicted molar refractivity (Wildman–Crippen MR) is 56.4 cm³/mol. The van der Waals surface area contributed by atoms with E-state index in [2.05, 4.69) is 6.92 Å². The Morgan fingerprint density at radius 3 is 1.94 bits per heavy atom. The van der Waals surface area contributed by atoms with Crippen molar-refractivity contribution in [2.45, 2.75) is 19.8 Å².